The predicted molar refractivity (Wildman–Crippen MR) is 161 cm³/mol. The van der Waals surface area contributed by atoms with Crippen LogP contribution in [0.25, 0.3) is 0 Å². The number of carbonyl (C=O) groups is 2. The first kappa shape index (κ1) is 32.0. The van der Waals surface area contributed by atoms with E-state index < -0.39 is 16.1 Å². The fraction of sp³-hybridized carbons (Fsp3) is 0.375. The molecule has 0 spiro atoms. The van der Waals surface area contributed by atoms with E-state index in [1.165, 1.54) is 0 Å². The van der Waals surface area contributed by atoms with Crippen molar-refractivity contribution in [2.75, 3.05) is 19.7 Å². The van der Waals surface area contributed by atoms with Crippen LogP contribution in [0.2, 0.25) is 0 Å². The van der Waals surface area contributed by atoms with Gasteiger partial charge in [0.05, 0.1) is 11.0 Å². The molecule has 0 heterocycles. The van der Waals surface area contributed by atoms with Crippen molar-refractivity contribution in [1.82, 2.24) is 14.9 Å². The lowest BCUT2D eigenvalue weighted by Crippen LogP contribution is -2.44. The SMILES string of the molecule is CCNS(=O)(=O)c1ccc(CCC(=O)N(Cc2ccccc2)[C@@H](C(=O)NCCCOC(C)C)c2ccccc2)cc1. The van der Waals surface area contributed by atoms with Crippen molar-refractivity contribution in [3.8, 4) is 0 Å². The molecule has 0 fully saturated rings. The highest BCUT2D eigenvalue weighted by atomic mass is 32.2. The average Bonchev–Trinajstić information content (AvgIpc) is 2.96. The standard InChI is InChI=1S/C32H41N3O5S/c1-4-34-41(38,39)29-19-16-26(17-20-29)18-21-30(36)35(24-27-12-7-5-8-13-27)31(28-14-9-6-10-15-28)32(37)33-22-11-23-40-25(2)3/h5-10,12-17,19-20,25,31,34H,4,11,18,21-24H2,1-3H3,(H,33,37)/t31-/m1/s1. The number of aryl methyl sites for hydroxylation is 1. The van der Waals surface area contributed by atoms with Crippen LogP contribution in [0.4, 0.5) is 0 Å². The maximum atomic E-state index is 13.8. The first-order valence-electron chi connectivity index (χ1n) is 14.1. The largest absolute Gasteiger partial charge is 0.379 e. The van der Waals surface area contributed by atoms with Crippen molar-refractivity contribution in [2.45, 2.75) is 63.6 Å². The Morgan fingerprint density at radius 1 is 0.878 bits per heavy atom. The highest BCUT2D eigenvalue weighted by Gasteiger charge is 2.31. The van der Waals surface area contributed by atoms with E-state index in [0.717, 1.165) is 16.7 Å². The average molecular weight is 580 g/mol. The van der Waals surface area contributed by atoms with Crippen molar-refractivity contribution in [1.29, 1.82) is 0 Å². The Morgan fingerprint density at radius 3 is 2.12 bits per heavy atom. The Kier molecular flexibility index (Phi) is 12.5. The fourth-order valence-corrected chi connectivity index (χ4v) is 5.46. The Morgan fingerprint density at radius 2 is 1.51 bits per heavy atom. The van der Waals surface area contributed by atoms with Crippen molar-refractivity contribution in [3.63, 3.8) is 0 Å². The summed E-state index contributed by atoms with van der Waals surface area (Å²) in [5.41, 5.74) is 2.47. The molecule has 3 aromatic carbocycles. The minimum Gasteiger partial charge on any atom is -0.379 e. The van der Waals surface area contributed by atoms with Crippen LogP contribution in [0.1, 0.15) is 56.3 Å². The zero-order chi connectivity index (χ0) is 29.7. The number of benzene rings is 3. The van der Waals surface area contributed by atoms with Gasteiger partial charge in [0, 0.05) is 32.7 Å². The molecule has 0 aliphatic heterocycles. The molecule has 0 aliphatic rings. The molecule has 1 atom stereocenters. The summed E-state index contributed by atoms with van der Waals surface area (Å²) in [5, 5.41) is 3.00. The Bertz CT molecular complexity index is 1330. The van der Waals surface area contributed by atoms with Gasteiger partial charge in [-0.25, -0.2) is 13.1 Å². The van der Waals surface area contributed by atoms with Crippen LogP contribution >= 0.6 is 0 Å². The molecule has 220 valence electrons. The van der Waals surface area contributed by atoms with Crippen LogP contribution in [-0.4, -0.2) is 50.9 Å². The number of rotatable bonds is 16. The van der Waals surface area contributed by atoms with Gasteiger partial charge in [0.2, 0.25) is 21.8 Å². The van der Waals surface area contributed by atoms with Crippen molar-refractivity contribution in [3.05, 3.63) is 102 Å². The highest BCUT2D eigenvalue weighted by molar-refractivity contribution is 7.89. The minimum atomic E-state index is -3.55. The molecule has 3 rings (SSSR count). The maximum Gasteiger partial charge on any atom is 0.247 e. The third-order valence-electron chi connectivity index (χ3n) is 6.46. The molecule has 41 heavy (non-hydrogen) atoms. The number of hydrogen-bond acceptors (Lipinski definition) is 5. The fourth-order valence-electron chi connectivity index (χ4n) is 4.41. The molecular weight excluding hydrogens is 538 g/mol. The lowest BCUT2D eigenvalue weighted by Gasteiger charge is -2.32. The van der Waals surface area contributed by atoms with Gasteiger partial charge in [0.15, 0.2) is 0 Å². The van der Waals surface area contributed by atoms with Gasteiger partial charge in [-0.05, 0) is 55.5 Å². The predicted octanol–water partition coefficient (Wildman–Crippen LogP) is 4.62. The first-order valence-corrected chi connectivity index (χ1v) is 15.6. The summed E-state index contributed by atoms with van der Waals surface area (Å²) < 4.78 is 32.6. The third kappa shape index (κ3) is 10.1. The van der Waals surface area contributed by atoms with E-state index in [0.29, 0.717) is 32.5 Å². The monoisotopic (exact) mass is 579 g/mol. The number of carbonyl (C=O) groups excluding carboxylic acids is 2. The van der Waals surface area contributed by atoms with Crippen LogP contribution in [0.5, 0.6) is 0 Å². The number of ether oxygens (including phenoxy) is 1. The van der Waals surface area contributed by atoms with Crippen LogP contribution in [0.15, 0.2) is 89.8 Å². The van der Waals surface area contributed by atoms with Crippen LogP contribution < -0.4 is 10.0 Å². The maximum absolute atomic E-state index is 13.8. The van der Waals surface area contributed by atoms with Crippen molar-refractivity contribution in [2.24, 2.45) is 0 Å². The molecule has 0 radical (unpaired) electrons. The summed E-state index contributed by atoms with van der Waals surface area (Å²) in [4.78, 5) is 29.3. The van der Waals surface area contributed by atoms with Gasteiger partial charge in [0.25, 0.3) is 0 Å². The number of nitrogens with zero attached hydrogens (tertiary/aromatic N) is 1. The second-order valence-corrected chi connectivity index (χ2v) is 11.8. The second-order valence-electron chi connectivity index (χ2n) is 10.0. The van der Waals surface area contributed by atoms with E-state index in [4.69, 9.17) is 4.74 Å². The van der Waals surface area contributed by atoms with Gasteiger partial charge in [-0.2, -0.15) is 0 Å². The Hall–Kier alpha value is -3.53. The van der Waals surface area contributed by atoms with E-state index in [1.54, 1.807) is 36.1 Å². The molecule has 0 bridgehead atoms. The smallest absolute Gasteiger partial charge is 0.247 e. The number of amides is 2. The molecule has 0 aromatic heterocycles. The molecule has 3 aromatic rings. The molecule has 2 amide bonds. The first-order chi connectivity index (χ1) is 19.7. The molecular formula is C32H41N3O5S. The zero-order valence-electron chi connectivity index (χ0n) is 24.1. The van der Waals surface area contributed by atoms with E-state index in [9.17, 15) is 18.0 Å². The minimum absolute atomic E-state index is 0.121. The van der Waals surface area contributed by atoms with Gasteiger partial charge < -0.3 is 15.0 Å². The van der Waals surface area contributed by atoms with Crippen LogP contribution in [0.3, 0.4) is 0 Å². The van der Waals surface area contributed by atoms with Gasteiger partial charge in [0.1, 0.15) is 6.04 Å². The molecule has 0 aliphatic carbocycles. The summed E-state index contributed by atoms with van der Waals surface area (Å²) in [7, 11) is -3.55. The molecule has 0 saturated carbocycles. The summed E-state index contributed by atoms with van der Waals surface area (Å²) in [6.07, 6.45) is 1.35. The number of hydrogen-bond donors (Lipinski definition) is 2. The molecule has 9 heteroatoms. The third-order valence-corrected chi connectivity index (χ3v) is 8.02. The highest BCUT2D eigenvalue weighted by Crippen LogP contribution is 2.25. The van der Waals surface area contributed by atoms with Crippen LogP contribution in [0, 0.1) is 0 Å². The van der Waals surface area contributed by atoms with E-state index >= 15 is 0 Å². The van der Waals surface area contributed by atoms with Crippen LogP contribution in [-0.2, 0) is 37.3 Å². The molecule has 0 saturated heterocycles. The molecule has 0 unspecified atom stereocenters. The Labute approximate surface area is 244 Å². The topological polar surface area (TPSA) is 105 Å². The summed E-state index contributed by atoms with van der Waals surface area (Å²) in [5.74, 6) is -0.423. The van der Waals surface area contributed by atoms with Crippen molar-refractivity contribution < 1.29 is 22.7 Å². The summed E-state index contributed by atoms with van der Waals surface area (Å²) >= 11 is 0. The van der Waals surface area contributed by atoms with Gasteiger partial charge in [-0.1, -0.05) is 79.7 Å². The van der Waals surface area contributed by atoms with E-state index in [-0.39, 0.29) is 35.8 Å². The second kappa shape index (κ2) is 16.0. The summed E-state index contributed by atoms with van der Waals surface area (Å²) in [6.45, 7) is 7.21. The lowest BCUT2D eigenvalue weighted by atomic mass is 10.0. The number of nitrogens with one attached hydrogen (secondary N) is 2. The van der Waals surface area contributed by atoms with Gasteiger partial charge in [-0.3, -0.25) is 9.59 Å². The summed E-state index contributed by atoms with van der Waals surface area (Å²) in [6, 6.07) is 24.7. The quantitative estimate of drug-likeness (QED) is 0.241. The lowest BCUT2D eigenvalue weighted by molar-refractivity contribution is -0.141. The zero-order valence-corrected chi connectivity index (χ0v) is 24.9. The normalized spacial score (nSPS) is 12.2. The molecule has 8 nitrogen and oxygen atoms in total. The van der Waals surface area contributed by atoms with E-state index in [2.05, 4.69) is 10.0 Å². The molecule has 2 N–H and O–H groups in total. The van der Waals surface area contributed by atoms with Crippen molar-refractivity contribution >= 4 is 21.8 Å². The van der Waals surface area contributed by atoms with E-state index in [1.807, 2.05) is 74.5 Å². The van der Waals surface area contributed by atoms with Gasteiger partial charge in [-0.15, -0.1) is 0 Å². The van der Waals surface area contributed by atoms with Gasteiger partial charge >= 0.3 is 0 Å². The number of sulfonamides is 1. The Balaban J connectivity index is 1.81.